The summed E-state index contributed by atoms with van der Waals surface area (Å²) in [6, 6.07) is 14.4. The number of nitrogens with zero attached hydrogens (tertiary/aromatic N) is 3. The summed E-state index contributed by atoms with van der Waals surface area (Å²) in [5.41, 5.74) is 4.87. The van der Waals surface area contributed by atoms with Crippen LogP contribution in [0.4, 0.5) is 11.6 Å². The monoisotopic (exact) mass is 398 g/mol. The van der Waals surface area contributed by atoms with E-state index in [1.165, 1.54) is 10.9 Å². The lowest BCUT2D eigenvalue weighted by molar-refractivity contribution is 0.102. The van der Waals surface area contributed by atoms with Crippen LogP contribution < -0.4 is 5.32 Å². The van der Waals surface area contributed by atoms with Crippen LogP contribution in [0.5, 0.6) is 0 Å². The predicted molar refractivity (Wildman–Crippen MR) is 121 cm³/mol. The van der Waals surface area contributed by atoms with Crippen molar-refractivity contribution in [1.29, 1.82) is 0 Å². The van der Waals surface area contributed by atoms with E-state index in [-0.39, 0.29) is 5.91 Å². The second kappa shape index (κ2) is 6.62. The highest BCUT2D eigenvalue weighted by molar-refractivity contribution is 6.13. The molecule has 1 aliphatic rings. The van der Waals surface area contributed by atoms with E-state index >= 15 is 0 Å². The lowest BCUT2D eigenvalue weighted by Gasteiger charge is -2.20. The molecule has 1 aliphatic heterocycles. The molecule has 1 amide bonds. The summed E-state index contributed by atoms with van der Waals surface area (Å²) in [7, 11) is 1.84. The summed E-state index contributed by atoms with van der Waals surface area (Å²) in [4.78, 5) is 19.2. The summed E-state index contributed by atoms with van der Waals surface area (Å²) in [5.74, 6) is 0.708. The minimum atomic E-state index is -0.234. The van der Waals surface area contributed by atoms with Gasteiger partial charge in [0.15, 0.2) is 0 Å². The zero-order valence-electron chi connectivity index (χ0n) is 17.2. The Balaban J connectivity index is 1.57. The number of carbonyl (C=O) groups is 1. The predicted octanol–water partition coefficient (Wildman–Crippen LogP) is 5.54. The average Bonchev–Trinajstić information content (AvgIpc) is 3.25. The molecule has 0 bridgehead atoms. The molecule has 6 heteroatoms. The molecular formula is C24H22N4O2. The van der Waals surface area contributed by atoms with Gasteiger partial charge in [0.1, 0.15) is 5.76 Å². The molecule has 1 N–H and O–H groups in total. The first-order chi connectivity index (χ1) is 14.5. The first kappa shape index (κ1) is 18.2. The van der Waals surface area contributed by atoms with Crippen LogP contribution >= 0.6 is 0 Å². The van der Waals surface area contributed by atoms with E-state index in [0.29, 0.717) is 28.5 Å². The molecular weight excluding hydrogens is 376 g/mol. The smallest absolute Gasteiger partial charge is 0.259 e. The van der Waals surface area contributed by atoms with Crippen LogP contribution in [0.2, 0.25) is 0 Å². The SMILES string of the molecule is C=C1c2c(oc(C)c2C(=O)Nc2ccc3c(c2)c2ccccc2n3CC)N=CN1C. The summed E-state index contributed by atoms with van der Waals surface area (Å²) >= 11 is 0. The molecule has 0 saturated carbocycles. The van der Waals surface area contributed by atoms with Crippen molar-refractivity contribution < 1.29 is 9.21 Å². The standard InChI is InChI=1S/C24H22N4O2/c1-5-28-19-9-7-6-8-17(19)18-12-16(10-11-20(18)28)26-23(29)22-15(3)30-24-21(22)14(2)27(4)13-25-24/h6-13H,2,5H2,1,3-4H3,(H,26,29). The summed E-state index contributed by atoms with van der Waals surface area (Å²) in [6.07, 6.45) is 1.63. The Morgan fingerprint density at radius 1 is 1.17 bits per heavy atom. The fourth-order valence-electron chi connectivity index (χ4n) is 4.21. The van der Waals surface area contributed by atoms with Crippen molar-refractivity contribution in [3.63, 3.8) is 0 Å². The fourth-order valence-corrected chi connectivity index (χ4v) is 4.21. The Bertz CT molecular complexity index is 1370. The lowest BCUT2D eigenvalue weighted by Crippen LogP contribution is -2.20. The van der Waals surface area contributed by atoms with Gasteiger partial charge >= 0.3 is 0 Å². The third-order valence-electron chi connectivity index (χ3n) is 5.70. The number of nitrogens with one attached hydrogen (secondary N) is 1. The van der Waals surface area contributed by atoms with Gasteiger partial charge in [-0.05, 0) is 38.1 Å². The van der Waals surface area contributed by atoms with Crippen LogP contribution in [0, 0.1) is 6.92 Å². The molecule has 2 aromatic heterocycles. The zero-order valence-corrected chi connectivity index (χ0v) is 17.2. The number of carbonyl (C=O) groups excluding carboxylic acids is 1. The van der Waals surface area contributed by atoms with E-state index in [1.54, 1.807) is 18.2 Å². The van der Waals surface area contributed by atoms with Crippen molar-refractivity contribution in [2.24, 2.45) is 4.99 Å². The average molecular weight is 398 g/mol. The van der Waals surface area contributed by atoms with Gasteiger partial charge in [0.05, 0.1) is 17.5 Å². The molecule has 0 atom stereocenters. The minimum Gasteiger partial charge on any atom is -0.442 e. The number of furan rings is 1. The van der Waals surface area contributed by atoms with E-state index in [0.717, 1.165) is 23.1 Å². The maximum atomic E-state index is 13.2. The number of benzene rings is 2. The van der Waals surface area contributed by atoms with Gasteiger partial charge in [0.25, 0.3) is 5.91 Å². The van der Waals surface area contributed by atoms with Gasteiger partial charge in [-0.25, -0.2) is 4.99 Å². The largest absolute Gasteiger partial charge is 0.442 e. The van der Waals surface area contributed by atoms with Gasteiger partial charge in [-0.2, -0.15) is 0 Å². The molecule has 0 saturated heterocycles. The van der Waals surface area contributed by atoms with Crippen molar-refractivity contribution >= 4 is 51.3 Å². The number of aryl methyl sites for hydroxylation is 2. The first-order valence-electron chi connectivity index (χ1n) is 9.91. The number of hydrogen-bond acceptors (Lipinski definition) is 4. The number of aliphatic imine (C=N–C) groups is 1. The molecule has 5 rings (SSSR count). The van der Waals surface area contributed by atoms with Crippen molar-refractivity contribution in [3.05, 3.63) is 65.9 Å². The summed E-state index contributed by atoms with van der Waals surface area (Å²) in [5, 5.41) is 5.32. The quantitative estimate of drug-likeness (QED) is 0.492. The van der Waals surface area contributed by atoms with Crippen molar-refractivity contribution in [1.82, 2.24) is 9.47 Å². The lowest BCUT2D eigenvalue weighted by atomic mass is 10.1. The highest BCUT2D eigenvalue weighted by Crippen LogP contribution is 2.38. The first-order valence-corrected chi connectivity index (χ1v) is 9.91. The van der Waals surface area contributed by atoms with Crippen molar-refractivity contribution in [2.75, 3.05) is 12.4 Å². The number of amides is 1. The number of rotatable bonds is 3. The van der Waals surface area contributed by atoms with Crippen LogP contribution in [-0.2, 0) is 6.54 Å². The molecule has 2 aromatic carbocycles. The number of hydrogen-bond donors (Lipinski definition) is 1. The van der Waals surface area contributed by atoms with E-state index < -0.39 is 0 Å². The molecule has 0 fully saturated rings. The summed E-state index contributed by atoms with van der Waals surface area (Å²) in [6.45, 7) is 8.87. The van der Waals surface area contributed by atoms with Crippen LogP contribution in [0.15, 0.2) is 58.5 Å². The van der Waals surface area contributed by atoms with Gasteiger partial charge in [-0.15, -0.1) is 0 Å². The Morgan fingerprint density at radius 2 is 1.93 bits per heavy atom. The van der Waals surface area contributed by atoms with Gasteiger partial charge in [-0.1, -0.05) is 24.8 Å². The zero-order chi connectivity index (χ0) is 21.0. The summed E-state index contributed by atoms with van der Waals surface area (Å²) < 4.78 is 7.99. The molecule has 4 aromatic rings. The maximum Gasteiger partial charge on any atom is 0.259 e. The minimum absolute atomic E-state index is 0.234. The van der Waals surface area contributed by atoms with Gasteiger partial charge < -0.3 is 19.2 Å². The number of para-hydroxylation sites is 1. The Hall–Kier alpha value is -3.80. The molecule has 3 heterocycles. The van der Waals surface area contributed by atoms with E-state index in [1.807, 2.05) is 31.3 Å². The van der Waals surface area contributed by atoms with Crippen LogP contribution in [0.1, 0.15) is 28.6 Å². The Kier molecular flexibility index (Phi) is 4.03. The molecule has 0 spiro atoms. The number of aromatic nitrogens is 1. The second-order valence-electron chi connectivity index (χ2n) is 7.46. The Morgan fingerprint density at radius 3 is 2.73 bits per heavy atom. The van der Waals surface area contributed by atoms with Gasteiger partial charge in [0.2, 0.25) is 5.88 Å². The number of anilines is 1. The normalized spacial score (nSPS) is 13.3. The number of fused-ring (bicyclic) bond motifs is 4. The maximum absolute atomic E-state index is 13.2. The molecule has 30 heavy (non-hydrogen) atoms. The topological polar surface area (TPSA) is 62.8 Å². The fraction of sp³-hybridized carbons (Fsp3) is 0.167. The third kappa shape index (κ3) is 2.57. The van der Waals surface area contributed by atoms with E-state index in [9.17, 15) is 4.79 Å². The molecule has 6 nitrogen and oxygen atoms in total. The van der Waals surface area contributed by atoms with Crippen LogP contribution in [-0.4, -0.2) is 28.8 Å². The molecule has 0 aliphatic carbocycles. The van der Waals surface area contributed by atoms with Gasteiger partial charge in [-0.3, -0.25) is 4.79 Å². The van der Waals surface area contributed by atoms with Crippen LogP contribution in [0.3, 0.4) is 0 Å². The second-order valence-corrected chi connectivity index (χ2v) is 7.46. The van der Waals surface area contributed by atoms with Crippen molar-refractivity contribution in [2.45, 2.75) is 20.4 Å². The highest BCUT2D eigenvalue weighted by Gasteiger charge is 2.28. The van der Waals surface area contributed by atoms with Gasteiger partial charge in [0, 0.05) is 46.8 Å². The molecule has 0 radical (unpaired) electrons. The van der Waals surface area contributed by atoms with E-state index in [2.05, 4.69) is 46.6 Å². The van der Waals surface area contributed by atoms with E-state index in [4.69, 9.17) is 4.42 Å². The Labute approximate surface area is 174 Å². The van der Waals surface area contributed by atoms with Crippen LogP contribution in [0.25, 0.3) is 27.5 Å². The third-order valence-corrected chi connectivity index (χ3v) is 5.70. The molecule has 150 valence electrons. The van der Waals surface area contributed by atoms with Crippen molar-refractivity contribution in [3.8, 4) is 0 Å². The highest BCUT2D eigenvalue weighted by atomic mass is 16.4. The molecule has 0 unspecified atom stereocenters.